The number of carbonyl (C=O) groups is 1. The van der Waals surface area contributed by atoms with E-state index in [1.165, 1.54) is 17.7 Å². The molecule has 26 heavy (non-hydrogen) atoms. The first-order valence-corrected chi connectivity index (χ1v) is 8.71. The van der Waals surface area contributed by atoms with Gasteiger partial charge in [-0.25, -0.2) is 14.6 Å². The summed E-state index contributed by atoms with van der Waals surface area (Å²) in [5.74, 6) is -0.345. The molecule has 1 aromatic carbocycles. The molecule has 0 aliphatic heterocycles. The zero-order valence-corrected chi connectivity index (χ0v) is 14.3. The van der Waals surface area contributed by atoms with E-state index in [2.05, 4.69) is 20.4 Å². The van der Waals surface area contributed by atoms with Gasteiger partial charge in [0, 0.05) is 11.6 Å². The van der Waals surface area contributed by atoms with Gasteiger partial charge >= 0.3 is 0 Å². The van der Waals surface area contributed by atoms with Crippen molar-refractivity contribution in [2.75, 3.05) is 5.43 Å². The van der Waals surface area contributed by atoms with Gasteiger partial charge < -0.3 is 0 Å². The summed E-state index contributed by atoms with van der Waals surface area (Å²) in [6, 6.07) is 12.6. The first-order valence-electron chi connectivity index (χ1n) is 7.83. The van der Waals surface area contributed by atoms with Crippen LogP contribution in [0.1, 0.15) is 5.69 Å². The van der Waals surface area contributed by atoms with E-state index >= 15 is 0 Å². The minimum atomic E-state index is -0.345. The molecule has 128 valence electrons. The third-order valence-electron chi connectivity index (χ3n) is 3.69. The summed E-state index contributed by atoms with van der Waals surface area (Å²) in [5, 5.41) is 3.00. The second-order valence-electron chi connectivity index (χ2n) is 5.51. The average molecular weight is 363 g/mol. The molecule has 0 saturated carbocycles. The van der Waals surface area contributed by atoms with Gasteiger partial charge in [-0.1, -0.05) is 18.2 Å². The SMILES string of the molecule is O=C(Cc1csc(-c2ccccn2)n1)Nn1cnc2ccccc2c1=O. The van der Waals surface area contributed by atoms with E-state index in [0.29, 0.717) is 16.6 Å². The Bertz CT molecular complexity index is 1140. The fourth-order valence-corrected chi connectivity index (χ4v) is 3.28. The van der Waals surface area contributed by atoms with Crippen LogP contribution in [0.5, 0.6) is 0 Å². The normalized spacial score (nSPS) is 10.8. The highest BCUT2D eigenvalue weighted by molar-refractivity contribution is 7.13. The smallest absolute Gasteiger partial charge is 0.273 e. The molecule has 0 fully saturated rings. The molecule has 4 aromatic rings. The zero-order chi connectivity index (χ0) is 17.9. The first-order chi connectivity index (χ1) is 12.7. The number of thiazole rings is 1. The van der Waals surface area contributed by atoms with Crippen LogP contribution >= 0.6 is 11.3 Å². The number of amides is 1. The second-order valence-corrected chi connectivity index (χ2v) is 6.37. The van der Waals surface area contributed by atoms with Crippen LogP contribution in [0.25, 0.3) is 21.6 Å². The van der Waals surface area contributed by atoms with Gasteiger partial charge in [-0.3, -0.25) is 20.0 Å². The van der Waals surface area contributed by atoms with Crippen molar-refractivity contribution in [3.63, 3.8) is 0 Å². The summed E-state index contributed by atoms with van der Waals surface area (Å²) in [7, 11) is 0. The van der Waals surface area contributed by atoms with E-state index in [-0.39, 0.29) is 17.9 Å². The van der Waals surface area contributed by atoms with Gasteiger partial charge in [0.1, 0.15) is 11.3 Å². The van der Waals surface area contributed by atoms with Gasteiger partial charge in [-0.15, -0.1) is 11.3 Å². The van der Waals surface area contributed by atoms with Crippen molar-refractivity contribution in [3.8, 4) is 10.7 Å². The monoisotopic (exact) mass is 363 g/mol. The maximum absolute atomic E-state index is 12.4. The van der Waals surface area contributed by atoms with Crippen molar-refractivity contribution in [3.05, 3.63) is 76.4 Å². The predicted octanol–water partition coefficient (Wildman–Crippen LogP) is 2.23. The number of hydrogen-bond acceptors (Lipinski definition) is 6. The Morgan fingerprint density at radius 1 is 1.12 bits per heavy atom. The van der Waals surface area contributed by atoms with Crippen molar-refractivity contribution in [2.45, 2.75) is 6.42 Å². The van der Waals surface area contributed by atoms with Crippen LogP contribution in [0.2, 0.25) is 0 Å². The average Bonchev–Trinajstić information content (AvgIpc) is 3.13. The number of carbonyl (C=O) groups excluding carboxylic acids is 1. The third-order valence-corrected chi connectivity index (χ3v) is 4.60. The number of nitrogens with one attached hydrogen (secondary N) is 1. The molecular weight excluding hydrogens is 350 g/mol. The molecule has 0 aliphatic rings. The Balaban J connectivity index is 1.51. The molecule has 0 radical (unpaired) electrons. The number of fused-ring (bicyclic) bond motifs is 1. The van der Waals surface area contributed by atoms with Crippen LogP contribution < -0.4 is 11.0 Å². The molecule has 3 heterocycles. The zero-order valence-electron chi connectivity index (χ0n) is 13.5. The van der Waals surface area contributed by atoms with Gasteiger partial charge in [0.05, 0.1) is 28.7 Å². The van der Waals surface area contributed by atoms with Gasteiger partial charge in [0.2, 0.25) is 5.91 Å². The molecule has 1 amide bonds. The topological polar surface area (TPSA) is 89.8 Å². The summed E-state index contributed by atoms with van der Waals surface area (Å²) < 4.78 is 1.09. The first kappa shape index (κ1) is 16.1. The number of para-hydroxylation sites is 1. The highest BCUT2D eigenvalue weighted by Crippen LogP contribution is 2.21. The fraction of sp³-hybridized carbons (Fsp3) is 0.0556. The Morgan fingerprint density at radius 3 is 2.81 bits per heavy atom. The van der Waals surface area contributed by atoms with Crippen LogP contribution in [0.4, 0.5) is 0 Å². The number of nitrogens with zero attached hydrogens (tertiary/aromatic N) is 4. The third kappa shape index (κ3) is 3.22. The van der Waals surface area contributed by atoms with Crippen LogP contribution in [0.3, 0.4) is 0 Å². The Hall–Kier alpha value is -3.39. The summed E-state index contributed by atoms with van der Waals surface area (Å²) in [6.45, 7) is 0. The highest BCUT2D eigenvalue weighted by Gasteiger charge is 2.11. The van der Waals surface area contributed by atoms with Crippen molar-refractivity contribution in [1.29, 1.82) is 0 Å². The van der Waals surface area contributed by atoms with Crippen LogP contribution in [-0.2, 0) is 11.2 Å². The van der Waals surface area contributed by atoms with Crippen LogP contribution in [0, 0.1) is 0 Å². The minimum Gasteiger partial charge on any atom is -0.273 e. The Kier molecular flexibility index (Phi) is 4.24. The maximum atomic E-state index is 12.4. The van der Waals surface area contributed by atoms with Crippen molar-refractivity contribution in [1.82, 2.24) is 19.6 Å². The van der Waals surface area contributed by atoms with Gasteiger partial charge in [-0.05, 0) is 24.3 Å². The number of hydrogen-bond donors (Lipinski definition) is 1. The van der Waals surface area contributed by atoms with E-state index in [1.54, 1.807) is 30.5 Å². The van der Waals surface area contributed by atoms with Crippen LogP contribution in [-0.4, -0.2) is 25.5 Å². The lowest BCUT2D eigenvalue weighted by Crippen LogP contribution is -2.34. The summed E-state index contributed by atoms with van der Waals surface area (Å²) in [6.07, 6.45) is 3.06. The predicted molar refractivity (Wildman–Crippen MR) is 99.4 cm³/mol. The fourth-order valence-electron chi connectivity index (χ4n) is 2.48. The van der Waals surface area contributed by atoms with Gasteiger partial charge in [0.25, 0.3) is 5.56 Å². The van der Waals surface area contributed by atoms with Crippen molar-refractivity contribution < 1.29 is 4.79 Å². The van der Waals surface area contributed by atoms with Crippen LogP contribution in [0.15, 0.2) is 65.2 Å². The molecule has 3 aromatic heterocycles. The quantitative estimate of drug-likeness (QED) is 0.600. The van der Waals surface area contributed by atoms with E-state index < -0.39 is 0 Å². The molecule has 4 rings (SSSR count). The van der Waals surface area contributed by atoms with Crippen molar-refractivity contribution >= 4 is 28.1 Å². The Morgan fingerprint density at radius 2 is 1.96 bits per heavy atom. The number of rotatable bonds is 4. The molecule has 0 bridgehead atoms. The minimum absolute atomic E-state index is 0.0581. The molecule has 0 aliphatic carbocycles. The number of benzene rings is 1. The maximum Gasteiger partial charge on any atom is 0.280 e. The molecule has 0 saturated heterocycles. The largest absolute Gasteiger partial charge is 0.280 e. The summed E-state index contributed by atoms with van der Waals surface area (Å²) in [4.78, 5) is 37.5. The van der Waals surface area contributed by atoms with E-state index in [1.807, 2.05) is 23.6 Å². The molecule has 7 nitrogen and oxygen atoms in total. The van der Waals surface area contributed by atoms with Gasteiger partial charge in [0.15, 0.2) is 0 Å². The van der Waals surface area contributed by atoms with E-state index in [9.17, 15) is 9.59 Å². The Labute approximate surface area is 152 Å². The van der Waals surface area contributed by atoms with Gasteiger partial charge in [-0.2, -0.15) is 0 Å². The summed E-state index contributed by atoms with van der Waals surface area (Å²) in [5.41, 5.74) is 4.20. The summed E-state index contributed by atoms with van der Waals surface area (Å²) >= 11 is 1.42. The lowest BCUT2D eigenvalue weighted by Gasteiger charge is -2.07. The second kappa shape index (κ2) is 6.85. The number of pyridine rings is 1. The van der Waals surface area contributed by atoms with E-state index in [4.69, 9.17) is 0 Å². The molecule has 1 N–H and O–H groups in total. The lowest BCUT2D eigenvalue weighted by atomic mass is 10.2. The van der Waals surface area contributed by atoms with Crippen molar-refractivity contribution in [2.24, 2.45) is 0 Å². The van der Waals surface area contributed by atoms with E-state index in [0.717, 1.165) is 15.4 Å². The molecular formula is C18H13N5O2S. The molecule has 8 heteroatoms. The molecule has 0 unspecified atom stereocenters. The highest BCUT2D eigenvalue weighted by atomic mass is 32.1. The lowest BCUT2D eigenvalue weighted by molar-refractivity contribution is -0.116. The number of aromatic nitrogens is 4. The molecule has 0 atom stereocenters. The standard InChI is InChI=1S/C18H13N5O2S/c24-16(9-12-10-26-17(21-12)15-7-3-4-8-19-15)22-23-11-20-14-6-2-1-5-13(14)18(23)25/h1-8,10-11H,9H2,(H,22,24). The molecule has 0 spiro atoms.